The van der Waals surface area contributed by atoms with Crippen molar-refractivity contribution in [3.8, 4) is 5.75 Å². The maximum absolute atomic E-state index is 13.5. The molecule has 0 heterocycles. The van der Waals surface area contributed by atoms with E-state index in [1.165, 1.54) is 0 Å². The molecule has 0 radical (unpaired) electrons. The Labute approximate surface area is 96.1 Å². The van der Waals surface area contributed by atoms with E-state index in [9.17, 15) is 14.5 Å². The first-order valence-corrected chi connectivity index (χ1v) is 5.26. The molecule has 1 saturated carbocycles. The number of ether oxygens (including phenoxy) is 1. The summed E-state index contributed by atoms with van der Waals surface area (Å²) in [6.45, 7) is 0. The summed E-state index contributed by atoms with van der Waals surface area (Å²) in [4.78, 5) is 9.93. The van der Waals surface area contributed by atoms with Gasteiger partial charge in [-0.2, -0.15) is 0 Å². The van der Waals surface area contributed by atoms with E-state index in [0.29, 0.717) is 0 Å². The van der Waals surface area contributed by atoms with Crippen molar-refractivity contribution in [2.75, 3.05) is 0 Å². The lowest BCUT2D eigenvalue weighted by Gasteiger charge is -2.26. The quantitative estimate of drug-likeness (QED) is 0.606. The zero-order valence-corrected chi connectivity index (χ0v) is 9.04. The van der Waals surface area contributed by atoms with Crippen LogP contribution in [0.4, 0.5) is 10.1 Å². The van der Waals surface area contributed by atoms with E-state index in [0.717, 1.165) is 31.4 Å². The minimum Gasteiger partial charge on any atom is -0.487 e. The first-order valence-electron chi connectivity index (χ1n) is 4.88. The third-order valence-electron chi connectivity index (χ3n) is 2.54. The maximum Gasteiger partial charge on any atom is 0.274 e. The van der Waals surface area contributed by atoms with E-state index < -0.39 is 10.7 Å². The molecule has 1 aromatic carbocycles. The second-order valence-corrected chi connectivity index (χ2v) is 4.07. The Morgan fingerprint density at radius 2 is 2.19 bits per heavy atom. The third kappa shape index (κ3) is 2.09. The highest BCUT2D eigenvalue weighted by atomic mass is 35.5. The normalized spacial score (nSPS) is 15.6. The highest BCUT2D eigenvalue weighted by Gasteiger charge is 2.23. The number of nitro groups is 1. The second-order valence-electron chi connectivity index (χ2n) is 3.67. The van der Waals surface area contributed by atoms with Gasteiger partial charge in [-0.05, 0) is 19.3 Å². The molecule has 86 valence electrons. The Morgan fingerprint density at radius 1 is 1.50 bits per heavy atom. The Balaban J connectivity index is 2.30. The average molecular weight is 246 g/mol. The number of hydrogen-bond acceptors (Lipinski definition) is 3. The molecular formula is C10H9ClFNO3. The van der Waals surface area contributed by atoms with Crippen LogP contribution in [0.15, 0.2) is 12.1 Å². The molecule has 4 nitrogen and oxygen atoms in total. The number of nitro benzene ring substituents is 1. The van der Waals surface area contributed by atoms with Crippen LogP contribution in [0, 0.1) is 15.9 Å². The number of non-ortho nitro benzene ring substituents is 1. The average Bonchev–Trinajstić information content (AvgIpc) is 2.17. The Kier molecular flexibility index (Phi) is 2.96. The lowest BCUT2D eigenvalue weighted by molar-refractivity contribution is -0.385. The van der Waals surface area contributed by atoms with Crippen molar-refractivity contribution in [2.45, 2.75) is 25.4 Å². The summed E-state index contributed by atoms with van der Waals surface area (Å²) in [6, 6.07) is 2.05. The van der Waals surface area contributed by atoms with Crippen LogP contribution < -0.4 is 4.74 Å². The standard InChI is InChI=1S/C10H9ClFNO3/c11-8-4-6(13(14)15)5-9(10(8)12)16-7-2-1-3-7/h4-5,7H,1-3H2. The van der Waals surface area contributed by atoms with Crippen LogP contribution in [0.5, 0.6) is 5.75 Å². The lowest BCUT2D eigenvalue weighted by atomic mass is 9.96. The van der Waals surface area contributed by atoms with E-state index in [2.05, 4.69) is 0 Å². The molecule has 0 amide bonds. The summed E-state index contributed by atoms with van der Waals surface area (Å²) in [5.41, 5.74) is -0.263. The molecule has 2 rings (SSSR count). The van der Waals surface area contributed by atoms with Crippen molar-refractivity contribution >= 4 is 17.3 Å². The van der Waals surface area contributed by atoms with Crippen molar-refractivity contribution < 1.29 is 14.1 Å². The van der Waals surface area contributed by atoms with Crippen LogP contribution >= 0.6 is 11.6 Å². The number of halogens is 2. The molecule has 1 aromatic rings. The summed E-state index contributed by atoms with van der Waals surface area (Å²) in [5, 5.41) is 10.3. The number of hydrogen-bond donors (Lipinski definition) is 0. The molecule has 0 saturated heterocycles. The van der Waals surface area contributed by atoms with Gasteiger partial charge in [-0.25, -0.2) is 4.39 Å². The van der Waals surface area contributed by atoms with E-state index in [1.807, 2.05) is 0 Å². The van der Waals surface area contributed by atoms with Gasteiger partial charge in [0.2, 0.25) is 0 Å². The number of rotatable bonds is 3. The van der Waals surface area contributed by atoms with Crippen LogP contribution in [0.25, 0.3) is 0 Å². The van der Waals surface area contributed by atoms with Crippen molar-refractivity contribution in [1.29, 1.82) is 0 Å². The smallest absolute Gasteiger partial charge is 0.274 e. The molecule has 0 N–H and O–H groups in total. The zero-order valence-electron chi connectivity index (χ0n) is 8.28. The molecule has 1 aliphatic rings. The largest absolute Gasteiger partial charge is 0.487 e. The molecule has 1 fully saturated rings. The fourth-order valence-corrected chi connectivity index (χ4v) is 1.61. The van der Waals surface area contributed by atoms with Gasteiger partial charge in [0.05, 0.1) is 22.1 Å². The first-order chi connectivity index (χ1) is 7.58. The zero-order chi connectivity index (χ0) is 11.7. The van der Waals surface area contributed by atoms with Gasteiger partial charge in [-0.1, -0.05) is 11.6 Å². The molecule has 0 spiro atoms. The monoisotopic (exact) mass is 245 g/mol. The number of benzene rings is 1. The van der Waals surface area contributed by atoms with Crippen LogP contribution in [0.3, 0.4) is 0 Å². The van der Waals surface area contributed by atoms with Crippen molar-refractivity contribution in [3.63, 3.8) is 0 Å². The van der Waals surface area contributed by atoms with Crippen molar-refractivity contribution in [2.24, 2.45) is 0 Å². The predicted molar refractivity (Wildman–Crippen MR) is 56.3 cm³/mol. The lowest BCUT2D eigenvalue weighted by Crippen LogP contribution is -2.25. The van der Waals surface area contributed by atoms with Crippen molar-refractivity contribution in [1.82, 2.24) is 0 Å². The molecule has 0 aliphatic heterocycles. The Bertz CT molecular complexity index is 434. The minimum atomic E-state index is -0.737. The van der Waals surface area contributed by atoms with E-state index in [1.54, 1.807) is 0 Å². The summed E-state index contributed by atoms with van der Waals surface area (Å²) < 4.78 is 18.8. The fraction of sp³-hybridized carbons (Fsp3) is 0.400. The Morgan fingerprint density at radius 3 is 2.69 bits per heavy atom. The van der Waals surface area contributed by atoms with Crippen LogP contribution in [-0.2, 0) is 0 Å². The van der Waals surface area contributed by atoms with Gasteiger partial charge in [-0.15, -0.1) is 0 Å². The number of nitrogens with zero attached hydrogens (tertiary/aromatic N) is 1. The first kappa shape index (κ1) is 11.1. The SMILES string of the molecule is O=[N+]([O-])c1cc(Cl)c(F)c(OC2CCC2)c1. The molecule has 6 heteroatoms. The highest BCUT2D eigenvalue weighted by Crippen LogP contribution is 2.33. The van der Waals surface area contributed by atoms with Gasteiger partial charge in [0, 0.05) is 6.07 Å². The van der Waals surface area contributed by atoms with Gasteiger partial charge in [0.25, 0.3) is 5.69 Å². The summed E-state index contributed by atoms with van der Waals surface area (Å²) >= 11 is 5.55. The topological polar surface area (TPSA) is 52.4 Å². The van der Waals surface area contributed by atoms with E-state index in [4.69, 9.17) is 16.3 Å². The molecule has 0 atom stereocenters. The molecule has 0 bridgehead atoms. The summed E-state index contributed by atoms with van der Waals surface area (Å²) in [6.07, 6.45) is 2.68. The highest BCUT2D eigenvalue weighted by molar-refractivity contribution is 6.31. The second kappa shape index (κ2) is 4.25. The molecule has 16 heavy (non-hydrogen) atoms. The predicted octanol–water partition coefficient (Wildman–Crippen LogP) is 3.32. The van der Waals surface area contributed by atoms with Crippen LogP contribution in [0.1, 0.15) is 19.3 Å². The van der Waals surface area contributed by atoms with Gasteiger partial charge in [0.1, 0.15) is 0 Å². The maximum atomic E-state index is 13.5. The van der Waals surface area contributed by atoms with E-state index in [-0.39, 0.29) is 22.6 Å². The van der Waals surface area contributed by atoms with Gasteiger partial charge >= 0.3 is 0 Å². The van der Waals surface area contributed by atoms with Gasteiger partial charge in [0.15, 0.2) is 11.6 Å². The molecule has 0 aromatic heterocycles. The van der Waals surface area contributed by atoms with Crippen molar-refractivity contribution in [3.05, 3.63) is 33.1 Å². The van der Waals surface area contributed by atoms with Gasteiger partial charge < -0.3 is 4.74 Å². The minimum absolute atomic E-state index is 0.0485. The fourth-order valence-electron chi connectivity index (χ4n) is 1.41. The van der Waals surface area contributed by atoms with Crippen LogP contribution in [-0.4, -0.2) is 11.0 Å². The summed E-state index contributed by atoms with van der Waals surface area (Å²) in [5.74, 6) is -0.872. The molecule has 1 aliphatic carbocycles. The Hall–Kier alpha value is -1.36. The van der Waals surface area contributed by atoms with Crippen LogP contribution in [0.2, 0.25) is 5.02 Å². The summed E-state index contributed by atoms with van der Waals surface area (Å²) in [7, 11) is 0. The third-order valence-corrected chi connectivity index (χ3v) is 2.81. The van der Waals surface area contributed by atoms with Gasteiger partial charge in [-0.3, -0.25) is 10.1 Å². The molecule has 0 unspecified atom stereocenters. The van der Waals surface area contributed by atoms with E-state index >= 15 is 0 Å². The molecular weight excluding hydrogens is 237 g/mol.